The molecule has 0 radical (unpaired) electrons. The number of nitrogens with zero attached hydrogens (tertiary/aromatic N) is 4. The lowest BCUT2D eigenvalue weighted by Gasteiger charge is -2.09. The molecule has 2 amide bonds. The van der Waals surface area contributed by atoms with E-state index in [1.165, 1.54) is 20.2 Å². The van der Waals surface area contributed by atoms with Crippen LogP contribution in [-0.2, 0) is 17.1 Å². The number of urea groups is 1. The zero-order valence-electron chi connectivity index (χ0n) is 13.6. The zero-order valence-corrected chi connectivity index (χ0v) is 15.2. The van der Waals surface area contributed by atoms with Crippen molar-refractivity contribution in [2.75, 3.05) is 12.4 Å². The average Bonchev–Trinajstić information content (AvgIpc) is 2.81. The van der Waals surface area contributed by atoms with Crippen molar-refractivity contribution in [3.8, 4) is 5.88 Å². The molecule has 0 aliphatic rings. The number of anilines is 1. The summed E-state index contributed by atoms with van der Waals surface area (Å²) in [5, 5.41) is 13.4. The molecule has 2 rings (SSSR count). The van der Waals surface area contributed by atoms with Crippen molar-refractivity contribution < 1.29 is 27.9 Å². The zero-order chi connectivity index (χ0) is 19.6. The number of rotatable bonds is 5. The van der Waals surface area contributed by atoms with Gasteiger partial charge in [-0.05, 0) is 6.92 Å². The maximum Gasteiger partial charge on any atom is 0.341 e. The van der Waals surface area contributed by atoms with Crippen LogP contribution < -0.4 is 14.8 Å². The smallest absolute Gasteiger partial charge is 0.341 e. The minimum Gasteiger partial charge on any atom is -0.481 e. The Bertz CT molecular complexity index is 988. The molecule has 0 spiro atoms. The Hall–Kier alpha value is -2.93. The molecule has 14 heteroatoms. The van der Waals surface area contributed by atoms with E-state index in [1.807, 2.05) is 0 Å². The highest BCUT2D eigenvalue weighted by atomic mass is 35.5. The summed E-state index contributed by atoms with van der Waals surface area (Å²) in [6.45, 7) is 1.61. The molecule has 0 unspecified atom stereocenters. The van der Waals surface area contributed by atoms with Gasteiger partial charge in [0.15, 0.2) is 10.2 Å². The number of carboxylic acids is 1. The molecule has 0 saturated carbocycles. The van der Waals surface area contributed by atoms with Gasteiger partial charge in [-0.3, -0.25) is 10.00 Å². The number of ether oxygens (including phenoxy) is 1. The van der Waals surface area contributed by atoms with Crippen LogP contribution in [0.15, 0.2) is 11.1 Å². The number of carbonyl (C=O) groups is 2. The number of amides is 2. The van der Waals surface area contributed by atoms with Crippen LogP contribution in [0.4, 0.5) is 10.7 Å². The van der Waals surface area contributed by atoms with Crippen LogP contribution in [0.3, 0.4) is 0 Å². The summed E-state index contributed by atoms with van der Waals surface area (Å²) in [4.78, 5) is 30.9. The van der Waals surface area contributed by atoms with Crippen LogP contribution in [0.5, 0.6) is 5.88 Å². The van der Waals surface area contributed by atoms with E-state index in [-0.39, 0.29) is 11.8 Å². The number of aryl methyl sites for hydroxylation is 2. The normalized spacial score (nSPS) is 11.1. The summed E-state index contributed by atoms with van der Waals surface area (Å²) >= 11 is 5.63. The van der Waals surface area contributed by atoms with E-state index in [1.54, 1.807) is 11.6 Å². The Morgan fingerprint density at radius 1 is 1.35 bits per heavy atom. The van der Waals surface area contributed by atoms with Gasteiger partial charge in [-0.15, -0.1) is 0 Å². The maximum atomic E-state index is 12.4. The molecule has 2 aromatic heterocycles. The fraction of sp³-hybridized carbons (Fsp3) is 0.250. The third-order valence-corrected chi connectivity index (χ3v) is 4.61. The van der Waals surface area contributed by atoms with Crippen molar-refractivity contribution in [2.24, 2.45) is 7.05 Å². The van der Waals surface area contributed by atoms with Gasteiger partial charge in [0.2, 0.25) is 11.8 Å². The highest BCUT2D eigenvalue weighted by molar-refractivity contribution is 7.90. The second-order valence-corrected chi connectivity index (χ2v) is 6.79. The predicted octanol–water partition coefficient (Wildman–Crippen LogP) is 0.389. The standard InChI is InChI=1S/C12H13ClN6O6S/c1-5-4-6(25-3)15-11(14-5)16-12(22)18-26(23,24)9-7(10(20)21)8(13)17-19(9)2/h4H,1-3H3,(H,20,21)(H2,14,15,16,18,22). The highest BCUT2D eigenvalue weighted by Gasteiger charge is 2.32. The monoisotopic (exact) mass is 404 g/mol. The number of carboxylic acid groups (broad SMARTS) is 1. The minimum atomic E-state index is -4.60. The molecule has 2 aromatic rings. The van der Waals surface area contributed by atoms with Crippen LogP contribution in [-0.4, -0.2) is 52.4 Å². The van der Waals surface area contributed by atoms with Crippen molar-refractivity contribution in [3.63, 3.8) is 0 Å². The number of aromatic carboxylic acids is 1. The van der Waals surface area contributed by atoms with Gasteiger partial charge < -0.3 is 9.84 Å². The molecular weight excluding hydrogens is 392 g/mol. The number of hydrogen-bond donors (Lipinski definition) is 3. The molecule has 2 heterocycles. The predicted molar refractivity (Wildman–Crippen MR) is 87.8 cm³/mol. The number of aromatic nitrogens is 4. The molecule has 0 aliphatic carbocycles. The molecule has 0 aromatic carbocycles. The number of hydrogen-bond acceptors (Lipinski definition) is 8. The van der Waals surface area contributed by atoms with Crippen LogP contribution in [0.1, 0.15) is 16.1 Å². The van der Waals surface area contributed by atoms with Crippen LogP contribution in [0.2, 0.25) is 5.15 Å². The fourth-order valence-electron chi connectivity index (χ4n) is 1.96. The molecule has 0 fully saturated rings. The third kappa shape index (κ3) is 4.00. The largest absolute Gasteiger partial charge is 0.481 e. The van der Waals surface area contributed by atoms with Gasteiger partial charge in [0.1, 0.15) is 5.56 Å². The van der Waals surface area contributed by atoms with E-state index in [9.17, 15) is 18.0 Å². The van der Waals surface area contributed by atoms with Gasteiger partial charge in [0.25, 0.3) is 10.0 Å². The molecule has 0 saturated heterocycles. The molecule has 3 N–H and O–H groups in total. The second-order valence-electron chi connectivity index (χ2n) is 4.83. The van der Waals surface area contributed by atoms with E-state index in [4.69, 9.17) is 21.4 Å². The van der Waals surface area contributed by atoms with Crippen LogP contribution in [0.25, 0.3) is 0 Å². The second kappa shape index (κ2) is 7.13. The summed E-state index contributed by atoms with van der Waals surface area (Å²) in [6, 6.07) is 0.280. The van der Waals surface area contributed by atoms with Gasteiger partial charge in [-0.2, -0.15) is 18.5 Å². The summed E-state index contributed by atoms with van der Waals surface area (Å²) in [7, 11) is -2.08. The third-order valence-electron chi connectivity index (χ3n) is 2.91. The van der Waals surface area contributed by atoms with Gasteiger partial charge in [0, 0.05) is 18.8 Å². The Morgan fingerprint density at radius 3 is 2.58 bits per heavy atom. The number of methoxy groups -OCH3 is 1. The molecular formula is C12H13ClN6O6S. The molecule has 0 aliphatic heterocycles. The Balaban J connectivity index is 2.29. The lowest BCUT2D eigenvalue weighted by atomic mass is 10.4. The molecule has 12 nitrogen and oxygen atoms in total. The van der Waals surface area contributed by atoms with Crippen LogP contribution in [0, 0.1) is 6.92 Å². The van der Waals surface area contributed by atoms with Gasteiger partial charge in [0.05, 0.1) is 7.11 Å². The van der Waals surface area contributed by atoms with Gasteiger partial charge in [-0.25, -0.2) is 19.3 Å². The van der Waals surface area contributed by atoms with Crippen molar-refractivity contribution in [3.05, 3.63) is 22.5 Å². The first kappa shape index (κ1) is 19.4. The lowest BCUT2D eigenvalue weighted by Crippen LogP contribution is -2.36. The van der Waals surface area contributed by atoms with E-state index < -0.39 is 37.8 Å². The quantitative estimate of drug-likeness (QED) is 0.638. The van der Waals surface area contributed by atoms with E-state index in [0.29, 0.717) is 5.69 Å². The Kier molecular flexibility index (Phi) is 5.32. The highest BCUT2D eigenvalue weighted by Crippen LogP contribution is 2.23. The summed E-state index contributed by atoms with van der Waals surface area (Å²) < 4.78 is 32.0. The molecule has 26 heavy (non-hydrogen) atoms. The van der Waals surface area contributed by atoms with Crippen LogP contribution >= 0.6 is 11.6 Å². The lowest BCUT2D eigenvalue weighted by molar-refractivity contribution is 0.0692. The summed E-state index contributed by atoms with van der Waals surface area (Å²) in [5.74, 6) is -1.67. The first-order chi connectivity index (χ1) is 12.0. The Morgan fingerprint density at radius 2 is 2.00 bits per heavy atom. The van der Waals surface area contributed by atoms with Crippen molar-refractivity contribution >= 4 is 39.6 Å². The Labute approximate surface area is 152 Å². The topological polar surface area (TPSA) is 165 Å². The van der Waals surface area contributed by atoms with E-state index >= 15 is 0 Å². The van der Waals surface area contributed by atoms with E-state index in [2.05, 4.69) is 20.4 Å². The van der Waals surface area contributed by atoms with Crippen molar-refractivity contribution in [1.29, 1.82) is 0 Å². The average molecular weight is 405 g/mol. The summed E-state index contributed by atoms with van der Waals surface area (Å²) in [5.41, 5.74) is -0.301. The number of halogens is 1. The molecule has 140 valence electrons. The first-order valence-corrected chi connectivity index (χ1v) is 8.60. The molecule has 0 bridgehead atoms. The summed E-state index contributed by atoms with van der Waals surface area (Å²) in [6.07, 6.45) is 0. The maximum absolute atomic E-state index is 12.4. The fourth-order valence-corrected chi connectivity index (χ4v) is 3.54. The number of carbonyl (C=O) groups excluding carboxylic acids is 1. The van der Waals surface area contributed by atoms with E-state index in [0.717, 1.165) is 4.68 Å². The first-order valence-electron chi connectivity index (χ1n) is 6.74. The number of nitrogens with one attached hydrogen (secondary N) is 2. The van der Waals surface area contributed by atoms with Crippen molar-refractivity contribution in [1.82, 2.24) is 24.5 Å². The SMILES string of the molecule is COc1cc(C)nc(NC(=O)NS(=O)(=O)c2c(C(=O)O)c(Cl)nn2C)n1. The van der Waals surface area contributed by atoms with Gasteiger partial charge >= 0.3 is 12.0 Å². The number of sulfonamides is 1. The molecule has 0 atom stereocenters. The van der Waals surface area contributed by atoms with Crippen molar-refractivity contribution in [2.45, 2.75) is 11.9 Å². The van der Waals surface area contributed by atoms with Gasteiger partial charge in [-0.1, -0.05) is 11.6 Å². The minimum absolute atomic E-state index is 0.155.